The maximum Gasteiger partial charge on any atom is 0.147 e. The molecule has 0 fully saturated rings. The van der Waals surface area contributed by atoms with Gasteiger partial charge in [0.05, 0.1) is 18.1 Å². The van der Waals surface area contributed by atoms with Gasteiger partial charge in [-0.3, -0.25) is 4.98 Å². The van der Waals surface area contributed by atoms with Crippen molar-refractivity contribution in [1.82, 2.24) is 4.98 Å². The highest BCUT2D eigenvalue weighted by Crippen LogP contribution is 2.25. The number of nitrogens with one attached hydrogen (secondary N) is 1. The van der Waals surface area contributed by atoms with Gasteiger partial charge in [-0.05, 0) is 30.5 Å². The third-order valence-corrected chi connectivity index (χ3v) is 3.04. The summed E-state index contributed by atoms with van der Waals surface area (Å²) in [5.41, 5.74) is 0.934. The molecule has 0 bridgehead atoms. The van der Waals surface area contributed by atoms with Crippen LogP contribution in [0.2, 0.25) is 0 Å². The van der Waals surface area contributed by atoms with Gasteiger partial charge >= 0.3 is 0 Å². The Bertz CT molecular complexity index is 485. The number of rotatable bonds is 4. The Balaban J connectivity index is 2.13. The molecule has 4 heteroatoms. The van der Waals surface area contributed by atoms with Gasteiger partial charge in [-0.15, -0.1) is 11.8 Å². The lowest BCUT2D eigenvalue weighted by Crippen LogP contribution is -1.91. The van der Waals surface area contributed by atoms with Crippen LogP contribution in [0.3, 0.4) is 0 Å². The first kappa shape index (κ1) is 11.8. The molecule has 0 atom stereocenters. The second kappa shape index (κ2) is 5.59. The largest absolute Gasteiger partial charge is 0.456 e. The van der Waals surface area contributed by atoms with Crippen molar-refractivity contribution in [1.29, 1.82) is 0 Å². The first-order chi connectivity index (χ1) is 8.31. The summed E-state index contributed by atoms with van der Waals surface area (Å²) in [5.74, 6) is 1.55. The number of hydrogen-bond donors (Lipinski definition) is 1. The molecular formula is C13H14N2OS. The summed E-state index contributed by atoms with van der Waals surface area (Å²) in [6, 6.07) is 9.90. The predicted molar refractivity (Wildman–Crippen MR) is 72.1 cm³/mol. The quantitative estimate of drug-likeness (QED) is 0.835. The lowest BCUT2D eigenvalue weighted by molar-refractivity contribution is 0.480. The zero-order chi connectivity index (χ0) is 12.1. The zero-order valence-electron chi connectivity index (χ0n) is 9.81. The lowest BCUT2D eigenvalue weighted by Gasteiger charge is -2.07. The van der Waals surface area contributed by atoms with E-state index < -0.39 is 0 Å². The Labute approximate surface area is 105 Å². The Kier molecular flexibility index (Phi) is 3.88. The van der Waals surface area contributed by atoms with E-state index in [-0.39, 0.29) is 0 Å². The van der Waals surface area contributed by atoms with E-state index in [1.807, 2.05) is 37.4 Å². The molecule has 0 unspecified atom stereocenters. The standard InChI is InChI=1S/C13H14N2OS/c1-14-10-7-12(9-15-8-10)16-11-3-5-13(17-2)6-4-11/h3-9,14H,1-2H3. The minimum Gasteiger partial charge on any atom is -0.456 e. The van der Waals surface area contributed by atoms with Gasteiger partial charge < -0.3 is 10.1 Å². The van der Waals surface area contributed by atoms with Gasteiger partial charge in [-0.1, -0.05) is 0 Å². The molecule has 17 heavy (non-hydrogen) atoms. The van der Waals surface area contributed by atoms with Crippen molar-refractivity contribution in [2.45, 2.75) is 4.90 Å². The Morgan fingerprint density at radius 2 is 1.88 bits per heavy atom. The van der Waals surface area contributed by atoms with Gasteiger partial charge in [0.15, 0.2) is 0 Å². The van der Waals surface area contributed by atoms with Crippen LogP contribution < -0.4 is 10.1 Å². The van der Waals surface area contributed by atoms with Crippen LogP contribution in [0.25, 0.3) is 0 Å². The normalized spacial score (nSPS) is 10.0. The summed E-state index contributed by atoms with van der Waals surface area (Å²) < 4.78 is 5.71. The van der Waals surface area contributed by atoms with Crippen LogP contribution in [0.4, 0.5) is 5.69 Å². The molecule has 88 valence electrons. The van der Waals surface area contributed by atoms with Crippen molar-refractivity contribution in [3.05, 3.63) is 42.7 Å². The summed E-state index contributed by atoms with van der Waals surface area (Å²) in [6.45, 7) is 0. The summed E-state index contributed by atoms with van der Waals surface area (Å²) in [6.07, 6.45) is 5.50. The minimum absolute atomic E-state index is 0.730. The molecule has 1 heterocycles. The van der Waals surface area contributed by atoms with Crippen LogP contribution in [0.15, 0.2) is 47.6 Å². The predicted octanol–water partition coefficient (Wildman–Crippen LogP) is 3.64. The maximum absolute atomic E-state index is 5.71. The molecule has 0 radical (unpaired) electrons. The van der Waals surface area contributed by atoms with Gasteiger partial charge in [-0.25, -0.2) is 0 Å². The van der Waals surface area contributed by atoms with Gasteiger partial charge in [0.25, 0.3) is 0 Å². The van der Waals surface area contributed by atoms with Crippen LogP contribution in [0.1, 0.15) is 0 Å². The van der Waals surface area contributed by atoms with Gasteiger partial charge in [0, 0.05) is 18.0 Å². The average Bonchev–Trinajstić information content (AvgIpc) is 2.40. The molecule has 2 rings (SSSR count). The molecule has 0 saturated heterocycles. The Morgan fingerprint density at radius 3 is 2.53 bits per heavy atom. The zero-order valence-corrected chi connectivity index (χ0v) is 10.6. The van der Waals surface area contributed by atoms with Crippen molar-refractivity contribution >= 4 is 17.4 Å². The number of pyridine rings is 1. The van der Waals surface area contributed by atoms with E-state index >= 15 is 0 Å². The lowest BCUT2D eigenvalue weighted by atomic mass is 10.3. The van der Waals surface area contributed by atoms with Crippen LogP contribution >= 0.6 is 11.8 Å². The van der Waals surface area contributed by atoms with Crippen molar-refractivity contribution in [2.24, 2.45) is 0 Å². The number of nitrogens with zero attached hydrogens (tertiary/aromatic N) is 1. The van der Waals surface area contributed by atoms with Crippen molar-refractivity contribution in [2.75, 3.05) is 18.6 Å². The first-order valence-electron chi connectivity index (χ1n) is 5.26. The number of anilines is 1. The van der Waals surface area contributed by atoms with E-state index in [0.29, 0.717) is 0 Å². The maximum atomic E-state index is 5.71. The fourth-order valence-electron chi connectivity index (χ4n) is 1.39. The van der Waals surface area contributed by atoms with Crippen molar-refractivity contribution in [3.63, 3.8) is 0 Å². The van der Waals surface area contributed by atoms with Crippen LogP contribution in [0.5, 0.6) is 11.5 Å². The van der Waals surface area contributed by atoms with E-state index in [2.05, 4.69) is 16.6 Å². The number of benzene rings is 1. The molecule has 0 aliphatic rings. The summed E-state index contributed by atoms with van der Waals surface area (Å²) in [5, 5.41) is 3.03. The second-order valence-electron chi connectivity index (χ2n) is 3.44. The number of ether oxygens (including phenoxy) is 1. The summed E-state index contributed by atoms with van der Waals surface area (Å²) >= 11 is 1.71. The molecule has 0 spiro atoms. The molecule has 1 aromatic heterocycles. The van der Waals surface area contributed by atoms with Gasteiger partial charge in [0.1, 0.15) is 11.5 Å². The molecule has 0 aliphatic heterocycles. The topological polar surface area (TPSA) is 34.2 Å². The fourth-order valence-corrected chi connectivity index (χ4v) is 1.80. The third kappa shape index (κ3) is 3.14. The number of hydrogen-bond acceptors (Lipinski definition) is 4. The molecule has 2 aromatic rings. The highest BCUT2D eigenvalue weighted by Gasteiger charge is 1.99. The highest BCUT2D eigenvalue weighted by atomic mass is 32.2. The third-order valence-electron chi connectivity index (χ3n) is 2.30. The monoisotopic (exact) mass is 246 g/mol. The molecule has 0 aliphatic carbocycles. The number of thioether (sulfide) groups is 1. The Hall–Kier alpha value is -1.68. The molecule has 1 aromatic carbocycles. The second-order valence-corrected chi connectivity index (χ2v) is 4.32. The molecular weight excluding hydrogens is 232 g/mol. The van der Waals surface area contributed by atoms with E-state index in [1.165, 1.54) is 4.90 Å². The smallest absolute Gasteiger partial charge is 0.147 e. The first-order valence-corrected chi connectivity index (χ1v) is 6.49. The van der Waals surface area contributed by atoms with Gasteiger partial charge in [0.2, 0.25) is 0 Å². The highest BCUT2D eigenvalue weighted by molar-refractivity contribution is 7.98. The van der Waals surface area contributed by atoms with Crippen LogP contribution in [-0.4, -0.2) is 18.3 Å². The molecule has 0 saturated carbocycles. The number of aromatic nitrogens is 1. The SMILES string of the molecule is CNc1cncc(Oc2ccc(SC)cc2)c1. The summed E-state index contributed by atoms with van der Waals surface area (Å²) in [4.78, 5) is 5.32. The van der Waals surface area contributed by atoms with Gasteiger partial charge in [-0.2, -0.15) is 0 Å². The minimum atomic E-state index is 0.730. The van der Waals surface area contributed by atoms with E-state index in [4.69, 9.17) is 4.74 Å². The van der Waals surface area contributed by atoms with Crippen molar-refractivity contribution in [3.8, 4) is 11.5 Å². The molecule has 0 amide bonds. The van der Waals surface area contributed by atoms with Crippen molar-refractivity contribution < 1.29 is 4.74 Å². The summed E-state index contributed by atoms with van der Waals surface area (Å²) in [7, 11) is 1.86. The fraction of sp³-hybridized carbons (Fsp3) is 0.154. The average molecular weight is 246 g/mol. The van der Waals surface area contributed by atoms with E-state index in [0.717, 1.165) is 17.2 Å². The molecule has 1 N–H and O–H groups in total. The van der Waals surface area contributed by atoms with Crippen LogP contribution in [0, 0.1) is 0 Å². The molecule has 3 nitrogen and oxygen atoms in total. The van der Waals surface area contributed by atoms with E-state index in [9.17, 15) is 0 Å². The Morgan fingerprint density at radius 1 is 1.12 bits per heavy atom. The van der Waals surface area contributed by atoms with Crippen LogP contribution in [-0.2, 0) is 0 Å². The van der Waals surface area contributed by atoms with E-state index in [1.54, 1.807) is 24.2 Å².